The van der Waals surface area contributed by atoms with Crippen LogP contribution in [0, 0.1) is 0 Å². The minimum atomic E-state index is 0.593. The molecule has 0 amide bonds. The molecule has 6 heteroatoms. The molecule has 4 rings (SSSR count). The fraction of sp³-hybridized carbons (Fsp3) is 0.250. The van der Waals surface area contributed by atoms with Crippen molar-refractivity contribution in [1.82, 2.24) is 14.5 Å². The third-order valence-electron chi connectivity index (χ3n) is 5.02. The maximum atomic E-state index is 5.82. The molecule has 3 heterocycles. The minimum absolute atomic E-state index is 0.593. The van der Waals surface area contributed by atoms with E-state index >= 15 is 0 Å². The van der Waals surface area contributed by atoms with E-state index < -0.39 is 0 Å². The highest BCUT2D eigenvalue weighted by atomic mass is 16.5. The number of aryl methyl sites for hydroxylation is 1. The molecule has 0 radical (unpaired) electrons. The van der Waals surface area contributed by atoms with Gasteiger partial charge in [0.15, 0.2) is 0 Å². The predicted octanol–water partition coefficient (Wildman–Crippen LogP) is 5.78. The molecule has 1 aliphatic heterocycles. The Kier molecular flexibility index (Phi) is 5.84. The summed E-state index contributed by atoms with van der Waals surface area (Å²) in [4.78, 5) is 9.25. The summed E-state index contributed by atoms with van der Waals surface area (Å²) in [6, 6.07) is 10.1. The summed E-state index contributed by atoms with van der Waals surface area (Å²) in [6.45, 7) is 7.22. The molecule has 0 saturated heterocycles. The average Bonchev–Trinajstić information content (AvgIpc) is 2.97. The maximum absolute atomic E-state index is 5.82. The van der Waals surface area contributed by atoms with Crippen LogP contribution in [-0.4, -0.2) is 27.7 Å². The highest BCUT2D eigenvalue weighted by Gasteiger charge is 2.17. The lowest BCUT2D eigenvalue weighted by Crippen LogP contribution is -1.97. The minimum Gasteiger partial charge on any atom is -0.493 e. The first-order valence-electron chi connectivity index (χ1n) is 10.2. The van der Waals surface area contributed by atoms with E-state index in [0.717, 1.165) is 64.6 Å². The lowest BCUT2D eigenvalue weighted by Gasteiger charge is -2.12. The highest BCUT2D eigenvalue weighted by Crippen LogP contribution is 2.34. The van der Waals surface area contributed by atoms with Gasteiger partial charge in [-0.2, -0.15) is 10.2 Å². The number of allylic oxidation sites excluding steroid dienone is 1. The average molecular weight is 399 g/mol. The number of azo groups is 1. The van der Waals surface area contributed by atoms with E-state index in [-0.39, 0.29) is 0 Å². The second kappa shape index (κ2) is 8.86. The zero-order valence-electron chi connectivity index (χ0n) is 17.4. The van der Waals surface area contributed by atoms with Gasteiger partial charge in [-0.15, -0.1) is 0 Å². The van der Waals surface area contributed by atoms with E-state index in [1.807, 2.05) is 49.1 Å². The van der Waals surface area contributed by atoms with Gasteiger partial charge in [0, 0.05) is 29.9 Å². The van der Waals surface area contributed by atoms with Crippen LogP contribution in [0.15, 0.2) is 65.7 Å². The van der Waals surface area contributed by atoms with Gasteiger partial charge in [0.25, 0.3) is 0 Å². The van der Waals surface area contributed by atoms with Crippen molar-refractivity contribution in [3.05, 3.63) is 66.6 Å². The number of nitrogens with zero attached hydrogens (tertiary/aromatic N) is 5. The van der Waals surface area contributed by atoms with Gasteiger partial charge in [-0.3, -0.25) is 4.98 Å². The van der Waals surface area contributed by atoms with Gasteiger partial charge in [0.1, 0.15) is 11.4 Å². The van der Waals surface area contributed by atoms with E-state index in [9.17, 15) is 0 Å². The van der Waals surface area contributed by atoms with Crippen LogP contribution >= 0.6 is 0 Å². The number of rotatable bonds is 6. The Balaban J connectivity index is 1.79. The third-order valence-corrected chi connectivity index (χ3v) is 5.02. The second-order valence-corrected chi connectivity index (χ2v) is 7.07. The van der Waals surface area contributed by atoms with E-state index in [1.54, 1.807) is 12.3 Å². The zero-order chi connectivity index (χ0) is 20.9. The van der Waals surface area contributed by atoms with Gasteiger partial charge in [-0.05, 0) is 38.0 Å². The molecule has 6 nitrogen and oxygen atoms in total. The fourth-order valence-corrected chi connectivity index (χ4v) is 3.55. The van der Waals surface area contributed by atoms with Gasteiger partial charge < -0.3 is 9.30 Å². The first-order valence-corrected chi connectivity index (χ1v) is 10.2. The third kappa shape index (κ3) is 3.94. The molecule has 0 atom stereocenters. The van der Waals surface area contributed by atoms with Crippen LogP contribution in [0.1, 0.15) is 30.9 Å². The van der Waals surface area contributed by atoms with E-state index in [4.69, 9.17) is 4.74 Å². The molecule has 1 aromatic carbocycles. The van der Waals surface area contributed by atoms with Crippen LogP contribution in [0.25, 0.3) is 34.4 Å². The predicted molar refractivity (Wildman–Crippen MR) is 120 cm³/mol. The number of hydrogen-bond acceptors (Lipinski definition) is 5. The summed E-state index contributed by atoms with van der Waals surface area (Å²) in [6.07, 6.45) is 9.56. The topological polar surface area (TPSA) is 64.7 Å². The molecule has 1 aliphatic rings. The lowest BCUT2D eigenvalue weighted by atomic mass is 10.0. The zero-order valence-corrected chi connectivity index (χ0v) is 17.4. The molecule has 0 bridgehead atoms. The molecule has 3 aromatic rings. The number of imidazole rings is 1. The standard InChI is InChI=1S/C24H25N5O/c1-4-17-9-10-19(15-22(17)30-5-2)24-23(26-16-29(24)3)21-14-18(11-13-25-21)20-8-6-7-12-27-28-20/h4,8-11,13-16H,1,5-7,12H2,2-3H3. The molecule has 152 valence electrons. The molecule has 2 aromatic heterocycles. The van der Waals surface area contributed by atoms with Crippen LogP contribution < -0.4 is 4.74 Å². The SMILES string of the molecule is C=Cc1ccc(-c2c(-c3cc(C4=CCCCN=N4)ccn3)ncn2C)cc1OCC. The van der Waals surface area contributed by atoms with Gasteiger partial charge in [-0.1, -0.05) is 30.9 Å². The molecule has 0 saturated carbocycles. The van der Waals surface area contributed by atoms with E-state index in [0.29, 0.717) is 6.61 Å². The van der Waals surface area contributed by atoms with Crippen LogP contribution in [0.4, 0.5) is 0 Å². The number of aromatic nitrogens is 3. The number of ether oxygens (including phenoxy) is 1. The maximum Gasteiger partial charge on any atom is 0.127 e. The van der Waals surface area contributed by atoms with Crippen LogP contribution in [0.2, 0.25) is 0 Å². The summed E-state index contributed by atoms with van der Waals surface area (Å²) in [5.74, 6) is 0.808. The van der Waals surface area contributed by atoms with Crippen molar-refractivity contribution in [3.63, 3.8) is 0 Å². The Bertz CT molecular complexity index is 1130. The number of benzene rings is 1. The number of hydrogen-bond donors (Lipinski definition) is 0. The van der Waals surface area contributed by atoms with Crippen LogP contribution in [0.5, 0.6) is 5.75 Å². The monoisotopic (exact) mass is 399 g/mol. The fourth-order valence-electron chi connectivity index (χ4n) is 3.55. The Labute approximate surface area is 176 Å². The number of pyridine rings is 1. The van der Waals surface area contributed by atoms with Crippen molar-refractivity contribution in [2.24, 2.45) is 17.3 Å². The largest absolute Gasteiger partial charge is 0.493 e. The summed E-state index contributed by atoms with van der Waals surface area (Å²) >= 11 is 0. The molecule has 30 heavy (non-hydrogen) atoms. The Morgan fingerprint density at radius 3 is 2.90 bits per heavy atom. The summed E-state index contributed by atoms with van der Waals surface area (Å²) in [5, 5.41) is 8.61. The van der Waals surface area contributed by atoms with Crippen LogP contribution in [-0.2, 0) is 7.05 Å². The molecule has 0 fully saturated rings. The molecule has 0 N–H and O–H groups in total. The van der Waals surface area contributed by atoms with Gasteiger partial charge in [0.2, 0.25) is 0 Å². The first kappa shape index (κ1) is 19.8. The molecular formula is C24H25N5O. The van der Waals surface area contributed by atoms with Gasteiger partial charge in [0.05, 0.1) is 36.6 Å². The molecule has 0 unspecified atom stereocenters. The summed E-state index contributed by atoms with van der Waals surface area (Å²) in [5.41, 5.74) is 6.47. The molecule has 0 spiro atoms. The van der Waals surface area contributed by atoms with Crippen molar-refractivity contribution < 1.29 is 4.74 Å². The summed E-state index contributed by atoms with van der Waals surface area (Å²) in [7, 11) is 1.99. The van der Waals surface area contributed by atoms with Crippen molar-refractivity contribution in [3.8, 4) is 28.4 Å². The quantitative estimate of drug-likeness (QED) is 0.528. The van der Waals surface area contributed by atoms with E-state index in [1.165, 1.54) is 0 Å². The highest BCUT2D eigenvalue weighted by molar-refractivity contribution is 5.80. The molecular weight excluding hydrogens is 374 g/mol. The Morgan fingerprint density at radius 1 is 1.17 bits per heavy atom. The normalized spacial score (nSPS) is 13.6. The Morgan fingerprint density at radius 2 is 2.07 bits per heavy atom. The Hall–Kier alpha value is -3.54. The van der Waals surface area contributed by atoms with E-state index in [2.05, 4.69) is 38.9 Å². The first-order chi connectivity index (χ1) is 14.7. The van der Waals surface area contributed by atoms with Crippen LogP contribution in [0.3, 0.4) is 0 Å². The molecule has 0 aliphatic carbocycles. The summed E-state index contributed by atoms with van der Waals surface area (Å²) < 4.78 is 7.82. The van der Waals surface area contributed by atoms with Crippen molar-refractivity contribution in [1.29, 1.82) is 0 Å². The van der Waals surface area contributed by atoms with Crippen molar-refractivity contribution in [2.75, 3.05) is 13.2 Å². The van der Waals surface area contributed by atoms with Gasteiger partial charge >= 0.3 is 0 Å². The van der Waals surface area contributed by atoms with Crippen molar-refractivity contribution >= 4 is 11.8 Å². The smallest absolute Gasteiger partial charge is 0.127 e. The lowest BCUT2D eigenvalue weighted by molar-refractivity contribution is 0.339. The second-order valence-electron chi connectivity index (χ2n) is 7.07. The van der Waals surface area contributed by atoms with Crippen molar-refractivity contribution in [2.45, 2.75) is 19.8 Å². The van der Waals surface area contributed by atoms with Gasteiger partial charge in [-0.25, -0.2) is 4.98 Å².